The largest absolute Gasteiger partial charge is 0.466 e. The maximum absolute atomic E-state index is 12.4. The molecule has 4 rings (SSSR count). The van der Waals surface area contributed by atoms with E-state index in [4.69, 9.17) is 18.9 Å². The molecule has 0 aromatic heterocycles. The van der Waals surface area contributed by atoms with Crippen molar-refractivity contribution in [2.75, 3.05) is 14.2 Å². The summed E-state index contributed by atoms with van der Waals surface area (Å²) >= 11 is 0. The quantitative estimate of drug-likeness (QED) is 0.0776. The van der Waals surface area contributed by atoms with Crippen LogP contribution in [0.5, 0.6) is 34.5 Å². The van der Waals surface area contributed by atoms with E-state index in [1.807, 2.05) is 52.0 Å². The maximum Gasteiger partial charge on any atom is 0.336 e. The molecule has 0 N–H and O–H groups in total. The zero-order valence-electron chi connectivity index (χ0n) is 37.2. The van der Waals surface area contributed by atoms with Crippen LogP contribution in [0.1, 0.15) is 91.7 Å². The standard InChI is InChI=1S/C49H56O10/c1-25-21-37(22-26(2)45(25)58-41(52)19-17-39(50)54-15)56-47-33(9)29(5)43(30(6)34(47)10)49(13,14)44-31(7)35(11)48(36(12)32(44)8)57-38-23-27(3)46(28(4)24-38)59-42(53)20-18-40(51)55-16/h17-24H,1-16H3/b19-17+,20-18+. The first-order valence-corrected chi connectivity index (χ1v) is 19.3. The fourth-order valence-electron chi connectivity index (χ4n) is 8.04. The lowest BCUT2D eigenvalue weighted by molar-refractivity contribution is -0.136. The van der Waals surface area contributed by atoms with Crippen molar-refractivity contribution in [1.82, 2.24) is 0 Å². The van der Waals surface area contributed by atoms with Crippen LogP contribution >= 0.6 is 0 Å². The Morgan fingerprint density at radius 2 is 0.661 bits per heavy atom. The molecule has 0 bridgehead atoms. The molecule has 10 heteroatoms. The van der Waals surface area contributed by atoms with Crippen LogP contribution in [0.15, 0.2) is 48.6 Å². The Morgan fingerprint density at radius 1 is 0.407 bits per heavy atom. The highest BCUT2D eigenvalue weighted by Crippen LogP contribution is 2.48. The first-order chi connectivity index (χ1) is 27.5. The number of benzene rings is 4. The number of aryl methyl sites for hydroxylation is 4. The van der Waals surface area contributed by atoms with Gasteiger partial charge >= 0.3 is 23.9 Å². The second-order valence-corrected chi connectivity index (χ2v) is 15.6. The molecule has 0 heterocycles. The van der Waals surface area contributed by atoms with E-state index in [1.165, 1.54) is 25.3 Å². The lowest BCUT2D eigenvalue weighted by Gasteiger charge is -2.36. The minimum atomic E-state index is -0.685. The van der Waals surface area contributed by atoms with Crippen LogP contribution < -0.4 is 18.9 Å². The highest BCUT2D eigenvalue weighted by Gasteiger charge is 2.34. The van der Waals surface area contributed by atoms with E-state index in [-0.39, 0.29) is 0 Å². The van der Waals surface area contributed by atoms with Gasteiger partial charge in [0, 0.05) is 29.7 Å². The molecule has 0 aliphatic carbocycles. The van der Waals surface area contributed by atoms with Crippen LogP contribution in [0.3, 0.4) is 0 Å². The highest BCUT2D eigenvalue weighted by molar-refractivity contribution is 5.93. The van der Waals surface area contributed by atoms with E-state index in [2.05, 4.69) is 78.7 Å². The topological polar surface area (TPSA) is 124 Å². The number of hydrogen-bond acceptors (Lipinski definition) is 10. The van der Waals surface area contributed by atoms with Crippen LogP contribution in [0.2, 0.25) is 0 Å². The molecule has 59 heavy (non-hydrogen) atoms. The molecule has 0 unspecified atom stereocenters. The van der Waals surface area contributed by atoms with Crippen molar-refractivity contribution in [3.63, 3.8) is 0 Å². The van der Waals surface area contributed by atoms with E-state index >= 15 is 0 Å². The molecular weight excluding hydrogens is 749 g/mol. The van der Waals surface area contributed by atoms with Crippen molar-refractivity contribution in [2.45, 2.75) is 102 Å². The minimum Gasteiger partial charge on any atom is -0.466 e. The summed E-state index contributed by atoms with van der Waals surface area (Å²) in [4.78, 5) is 47.6. The van der Waals surface area contributed by atoms with Crippen molar-refractivity contribution in [3.05, 3.63) is 126 Å². The zero-order valence-corrected chi connectivity index (χ0v) is 37.2. The number of methoxy groups -OCH3 is 2. The monoisotopic (exact) mass is 804 g/mol. The molecule has 0 radical (unpaired) electrons. The molecule has 0 atom stereocenters. The molecule has 0 aliphatic rings. The summed E-state index contributed by atoms with van der Waals surface area (Å²) < 4.78 is 33.5. The summed E-state index contributed by atoms with van der Waals surface area (Å²) in [6.07, 6.45) is 4.11. The van der Waals surface area contributed by atoms with Crippen LogP contribution in [0.25, 0.3) is 0 Å². The average Bonchev–Trinajstić information content (AvgIpc) is 3.17. The van der Waals surface area contributed by atoms with Gasteiger partial charge in [0.25, 0.3) is 0 Å². The summed E-state index contributed by atoms with van der Waals surface area (Å²) in [5.41, 5.74) is 13.5. The average molecular weight is 805 g/mol. The Kier molecular flexibility index (Phi) is 14.0. The third-order valence-electron chi connectivity index (χ3n) is 11.2. The van der Waals surface area contributed by atoms with Crippen LogP contribution in [0.4, 0.5) is 0 Å². The fraction of sp³-hybridized carbons (Fsp3) is 0.347. The van der Waals surface area contributed by atoms with Crippen molar-refractivity contribution < 1.29 is 47.6 Å². The van der Waals surface area contributed by atoms with Gasteiger partial charge in [-0.1, -0.05) is 13.8 Å². The second kappa shape index (κ2) is 18.2. The minimum absolute atomic E-state index is 0.399. The summed E-state index contributed by atoms with van der Waals surface area (Å²) in [5.74, 6) is 0.917. The molecule has 0 amide bonds. The maximum atomic E-state index is 12.4. The van der Waals surface area contributed by atoms with E-state index in [0.29, 0.717) is 45.3 Å². The molecule has 0 aliphatic heterocycles. The number of carbonyl (C=O) groups excluding carboxylic acids is 4. The third kappa shape index (κ3) is 9.60. The summed E-state index contributed by atoms with van der Waals surface area (Å²) in [6, 6.07) is 7.34. The van der Waals surface area contributed by atoms with Crippen LogP contribution in [0, 0.1) is 83.1 Å². The molecule has 10 nitrogen and oxygen atoms in total. The van der Waals surface area contributed by atoms with Gasteiger partial charge in [-0.25, -0.2) is 19.2 Å². The predicted octanol–water partition coefficient (Wildman–Crippen LogP) is 10.6. The highest BCUT2D eigenvalue weighted by atomic mass is 16.5. The van der Waals surface area contributed by atoms with Gasteiger partial charge in [-0.3, -0.25) is 0 Å². The SMILES string of the molecule is COC(=O)/C=C/C(=O)Oc1c(C)cc(Oc2c(C)c(C)c(C(C)(C)c3c(C)c(C)c(Oc4cc(C)c(OC(=O)/C=C/C(=O)OC)c(C)c4)c(C)c3C)c(C)c2C)cc1C. The van der Waals surface area contributed by atoms with E-state index < -0.39 is 29.3 Å². The number of esters is 4. The Balaban J connectivity index is 1.69. The van der Waals surface area contributed by atoms with E-state index in [0.717, 1.165) is 80.3 Å². The number of hydrogen-bond donors (Lipinski definition) is 0. The third-order valence-corrected chi connectivity index (χ3v) is 11.2. The molecule has 4 aromatic rings. The van der Waals surface area contributed by atoms with Crippen molar-refractivity contribution in [3.8, 4) is 34.5 Å². The Hall–Kier alpha value is -6.16. The number of ether oxygens (including phenoxy) is 6. The molecule has 4 aromatic carbocycles. The van der Waals surface area contributed by atoms with E-state index in [9.17, 15) is 19.2 Å². The Morgan fingerprint density at radius 3 is 0.915 bits per heavy atom. The van der Waals surface area contributed by atoms with Gasteiger partial charge in [-0.2, -0.15) is 0 Å². The normalized spacial score (nSPS) is 11.5. The van der Waals surface area contributed by atoms with Gasteiger partial charge in [0.1, 0.15) is 34.5 Å². The van der Waals surface area contributed by atoms with Crippen LogP contribution in [-0.2, 0) is 34.1 Å². The number of carbonyl (C=O) groups is 4. The smallest absolute Gasteiger partial charge is 0.336 e. The van der Waals surface area contributed by atoms with Gasteiger partial charge in [0.05, 0.1) is 14.2 Å². The molecule has 312 valence electrons. The van der Waals surface area contributed by atoms with Gasteiger partial charge in [-0.15, -0.1) is 0 Å². The second-order valence-electron chi connectivity index (χ2n) is 15.6. The van der Waals surface area contributed by atoms with Crippen molar-refractivity contribution in [1.29, 1.82) is 0 Å². The Labute approximate surface area is 348 Å². The summed E-state index contributed by atoms with van der Waals surface area (Å²) in [6.45, 7) is 28.8. The van der Waals surface area contributed by atoms with Gasteiger partial charge in [0.15, 0.2) is 0 Å². The number of rotatable bonds is 12. The van der Waals surface area contributed by atoms with Gasteiger partial charge in [0.2, 0.25) is 0 Å². The van der Waals surface area contributed by atoms with Crippen molar-refractivity contribution in [2.24, 2.45) is 0 Å². The molecule has 0 saturated carbocycles. The molecular formula is C49H56O10. The molecule has 0 spiro atoms. The molecule has 0 fully saturated rings. The summed E-state index contributed by atoms with van der Waals surface area (Å²) in [5, 5.41) is 0. The lowest BCUT2D eigenvalue weighted by atomic mass is 9.68. The summed E-state index contributed by atoms with van der Waals surface area (Å²) in [7, 11) is 2.47. The van der Waals surface area contributed by atoms with E-state index in [1.54, 1.807) is 0 Å². The van der Waals surface area contributed by atoms with Crippen LogP contribution in [-0.4, -0.2) is 38.1 Å². The Bertz CT molecular complexity index is 2150. The first kappa shape index (κ1) is 45.5. The zero-order chi connectivity index (χ0) is 44.3. The van der Waals surface area contributed by atoms with Gasteiger partial charge < -0.3 is 28.4 Å². The van der Waals surface area contributed by atoms with Gasteiger partial charge in [-0.05, 0) is 185 Å². The first-order valence-electron chi connectivity index (χ1n) is 19.3. The van der Waals surface area contributed by atoms with Crippen molar-refractivity contribution >= 4 is 23.9 Å². The predicted molar refractivity (Wildman–Crippen MR) is 228 cm³/mol. The fourth-order valence-corrected chi connectivity index (χ4v) is 8.04. The molecule has 0 saturated heterocycles. The lowest BCUT2D eigenvalue weighted by Crippen LogP contribution is -2.26.